The van der Waals surface area contributed by atoms with Crippen molar-refractivity contribution in [2.24, 2.45) is 0 Å². The van der Waals surface area contributed by atoms with Gasteiger partial charge in [0.05, 0.1) is 15.4 Å². The van der Waals surface area contributed by atoms with Crippen LogP contribution in [0.4, 0.5) is 5.69 Å². The highest BCUT2D eigenvalue weighted by molar-refractivity contribution is 7.98. The zero-order valence-electron chi connectivity index (χ0n) is 11.3. The molecular weight excluding hydrogens is 290 g/mol. The fourth-order valence-electron chi connectivity index (χ4n) is 1.84. The first-order valence-corrected chi connectivity index (χ1v) is 7.16. The number of nitro groups is 1. The predicted octanol–water partition coefficient (Wildman–Crippen LogP) is 3.89. The molecule has 2 aromatic rings. The van der Waals surface area contributed by atoms with Crippen molar-refractivity contribution in [1.29, 1.82) is 0 Å². The van der Waals surface area contributed by atoms with Crippen LogP contribution in [0.2, 0.25) is 0 Å². The molecule has 108 valence electrons. The van der Waals surface area contributed by atoms with Crippen LogP contribution in [-0.2, 0) is 5.75 Å². The molecule has 2 aromatic carbocycles. The van der Waals surface area contributed by atoms with Gasteiger partial charge < -0.3 is 5.11 Å². The van der Waals surface area contributed by atoms with Crippen molar-refractivity contribution in [3.05, 3.63) is 69.3 Å². The van der Waals surface area contributed by atoms with Crippen molar-refractivity contribution >= 4 is 23.4 Å². The van der Waals surface area contributed by atoms with Gasteiger partial charge in [0, 0.05) is 11.8 Å². The summed E-state index contributed by atoms with van der Waals surface area (Å²) in [6, 6.07) is 11.6. The molecule has 0 atom stereocenters. The van der Waals surface area contributed by atoms with Gasteiger partial charge in [-0.15, -0.1) is 11.8 Å². The van der Waals surface area contributed by atoms with Gasteiger partial charge >= 0.3 is 5.97 Å². The summed E-state index contributed by atoms with van der Waals surface area (Å²) >= 11 is 1.27. The zero-order valence-corrected chi connectivity index (χ0v) is 12.1. The first-order valence-electron chi connectivity index (χ1n) is 6.18. The van der Waals surface area contributed by atoms with E-state index in [2.05, 4.69) is 0 Å². The molecule has 0 spiro atoms. The van der Waals surface area contributed by atoms with Crippen molar-refractivity contribution in [3.63, 3.8) is 0 Å². The largest absolute Gasteiger partial charge is 0.478 e. The molecule has 0 saturated heterocycles. The van der Waals surface area contributed by atoms with Gasteiger partial charge in [-0.1, -0.05) is 24.3 Å². The van der Waals surface area contributed by atoms with Crippen molar-refractivity contribution in [3.8, 4) is 0 Å². The van der Waals surface area contributed by atoms with Crippen LogP contribution in [0, 0.1) is 17.0 Å². The third-order valence-electron chi connectivity index (χ3n) is 3.05. The van der Waals surface area contributed by atoms with E-state index in [1.54, 1.807) is 0 Å². The van der Waals surface area contributed by atoms with Gasteiger partial charge in [0.15, 0.2) is 0 Å². The smallest absolute Gasteiger partial charge is 0.335 e. The van der Waals surface area contributed by atoms with E-state index in [-0.39, 0.29) is 11.3 Å². The molecule has 0 aliphatic heterocycles. The third kappa shape index (κ3) is 3.61. The fourth-order valence-corrected chi connectivity index (χ4v) is 2.98. The second-order valence-electron chi connectivity index (χ2n) is 4.46. The Kier molecular flexibility index (Phi) is 4.59. The van der Waals surface area contributed by atoms with Crippen molar-refractivity contribution in [1.82, 2.24) is 0 Å². The Labute approximate surface area is 125 Å². The second-order valence-corrected chi connectivity index (χ2v) is 5.48. The van der Waals surface area contributed by atoms with E-state index >= 15 is 0 Å². The average molecular weight is 303 g/mol. The summed E-state index contributed by atoms with van der Waals surface area (Å²) in [5.41, 5.74) is 2.14. The van der Waals surface area contributed by atoms with Crippen LogP contribution in [0.15, 0.2) is 47.4 Å². The Balaban J connectivity index is 2.29. The first-order chi connectivity index (χ1) is 9.99. The number of nitro benzene ring substituents is 1. The van der Waals surface area contributed by atoms with Crippen molar-refractivity contribution < 1.29 is 14.8 Å². The van der Waals surface area contributed by atoms with E-state index in [0.29, 0.717) is 10.6 Å². The molecule has 0 heterocycles. The maximum Gasteiger partial charge on any atom is 0.335 e. The second kappa shape index (κ2) is 6.41. The average Bonchev–Trinajstić information content (AvgIpc) is 2.46. The molecule has 2 rings (SSSR count). The number of aromatic carboxylic acids is 1. The monoisotopic (exact) mass is 303 g/mol. The normalized spacial score (nSPS) is 10.3. The van der Waals surface area contributed by atoms with Crippen LogP contribution in [-0.4, -0.2) is 16.0 Å². The summed E-state index contributed by atoms with van der Waals surface area (Å²) in [6.45, 7) is 1.97. The lowest BCUT2D eigenvalue weighted by Gasteiger charge is -2.07. The number of rotatable bonds is 5. The summed E-state index contributed by atoms with van der Waals surface area (Å²) in [6.07, 6.45) is 0. The molecule has 0 amide bonds. The minimum absolute atomic E-state index is 0.0490. The molecule has 21 heavy (non-hydrogen) atoms. The quantitative estimate of drug-likeness (QED) is 0.515. The van der Waals surface area contributed by atoms with Gasteiger partial charge in [-0.25, -0.2) is 4.79 Å². The fraction of sp³-hybridized carbons (Fsp3) is 0.133. The molecule has 0 unspecified atom stereocenters. The Morgan fingerprint density at radius 2 is 2.00 bits per heavy atom. The molecule has 0 radical (unpaired) electrons. The number of nitrogens with zero attached hydrogens (tertiary/aromatic N) is 1. The number of carboxylic acid groups (broad SMARTS) is 1. The van der Waals surface area contributed by atoms with Gasteiger partial charge in [0.25, 0.3) is 5.69 Å². The topological polar surface area (TPSA) is 80.4 Å². The molecule has 0 aliphatic carbocycles. The van der Waals surface area contributed by atoms with Gasteiger partial charge in [0.1, 0.15) is 0 Å². The van der Waals surface area contributed by atoms with E-state index in [1.807, 2.05) is 31.2 Å². The number of thioether (sulfide) groups is 1. The maximum atomic E-state index is 11.0. The Bertz CT molecular complexity index is 700. The van der Waals surface area contributed by atoms with Crippen LogP contribution < -0.4 is 0 Å². The number of aryl methyl sites for hydroxylation is 1. The SMILES string of the molecule is Cc1ccccc1CSc1cc(C(=O)O)ccc1[N+](=O)[O-]. The molecule has 0 fully saturated rings. The van der Waals surface area contributed by atoms with Crippen LogP contribution in [0.5, 0.6) is 0 Å². The van der Waals surface area contributed by atoms with E-state index in [4.69, 9.17) is 5.11 Å². The molecule has 6 heteroatoms. The molecule has 1 N–H and O–H groups in total. The summed E-state index contributed by atoms with van der Waals surface area (Å²) in [5.74, 6) is -0.543. The van der Waals surface area contributed by atoms with E-state index in [9.17, 15) is 14.9 Å². The van der Waals surface area contributed by atoms with Gasteiger partial charge in [0.2, 0.25) is 0 Å². The Hall–Kier alpha value is -2.34. The standard InChI is InChI=1S/C15H13NO4S/c1-10-4-2-3-5-12(10)9-21-14-8-11(15(17)18)6-7-13(14)16(19)20/h2-8H,9H2,1H3,(H,17,18). The number of carbonyl (C=O) groups is 1. The summed E-state index contributed by atoms with van der Waals surface area (Å²) < 4.78 is 0. The van der Waals surface area contributed by atoms with E-state index < -0.39 is 10.9 Å². The van der Waals surface area contributed by atoms with Crippen LogP contribution in [0.25, 0.3) is 0 Å². The molecule has 0 aromatic heterocycles. The maximum absolute atomic E-state index is 11.0. The Morgan fingerprint density at radius 3 is 2.62 bits per heavy atom. The van der Waals surface area contributed by atoms with Gasteiger partial charge in [-0.3, -0.25) is 10.1 Å². The zero-order chi connectivity index (χ0) is 15.4. The summed E-state index contributed by atoms with van der Waals surface area (Å²) in [4.78, 5) is 21.9. The van der Waals surface area contributed by atoms with Gasteiger partial charge in [-0.2, -0.15) is 0 Å². The van der Waals surface area contributed by atoms with Gasteiger partial charge in [-0.05, 0) is 30.2 Å². The van der Waals surface area contributed by atoms with E-state index in [0.717, 1.165) is 11.1 Å². The number of carboxylic acids is 1. The highest BCUT2D eigenvalue weighted by Gasteiger charge is 2.17. The summed E-state index contributed by atoms with van der Waals surface area (Å²) in [7, 11) is 0. The van der Waals surface area contributed by atoms with Crippen LogP contribution >= 0.6 is 11.8 Å². The molecule has 0 bridgehead atoms. The number of benzene rings is 2. The highest BCUT2D eigenvalue weighted by Crippen LogP contribution is 2.33. The molecule has 5 nitrogen and oxygen atoms in total. The van der Waals surface area contributed by atoms with Crippen LogP contribution in [0.3, 0.4) is 0 Å². The minimum Gasteiger partial charge on any atom is -0.478 e. The number of hydrogen-bond donors (Lipinski definition) is 1. The Morgan fingerprint density at radius 1 is 1.29 bits per heavy atom. The summed E-state index contributed by atoms with van der Waals surface area (Å²) in [5, 5.41) is 20.0. The van der Waals surface area contributed by atoms with E-state index in [1.165, 1.54) is 30.0 Å². The first kappa shape index (κ1) is 15.1. The van der Waals surface area contributed by atoms with Crippen LogP contribution in [0.1, 0.15) is 21.5 Å². The minimum atomic E-state index is -1.09. The van der Waals surface area contributed by atoms with Crippen molar-refractivity contribution in [2.75, 3.05) is 0 Å². The third-order valence-corrected chi connectivity index (χ3v) is 4.14. The van der Waals surface area contributed by atoms with Crippen molar-refractivity contribution in [2.45, 2.75) is 17.6 Å². The lowest BCUT2D eigenvalue weighted by molar-refractivity contribution is -0.387. The molecule has 0 aliphatic rings. The molecule has 0 saturated carbocycles. The predicted molar refractivity (Wildman–Crippen MR) is 80.8 cm³/mol. The number of hydrogen-bond acceptors (Lipinski definition) is 4. The lowest BCUT2D eigenvalue weighted by atomic mass is 10.1. The molecular formula is C15H13NO4S. The lowest BCUT2D eigenvalue weighted by Crippen LogP contribution is -1.99. The highest BCUT2D eigenvalue weighted by atomic mass is 32.2.